The third-order valence-electron chi connectivity index (χ3n) is 2.42. The molecule has 6 nitrogen and oxygen atoms in total. The number of H-pyrrole nitrogens is 1. The fourth-order valence-electron chi connectivity index (χ4n) is 1.61. The van der Waals surface area contributed by atoms with Crippen LogP contribution in [0.25, 0.3) is 0 Å². The Kier molecular flexibility index (Phi) is 3.31. The van der Waals surface area contributed by atoms with Gasteiger partial charge in [-0.05, 0) is 13.0 Å². The van der Waals surface area contributed by atoms with Gasteiger partial charge in [0.2, 0.25) is 0 Å². The lowest BCUT2D eigenvalue weighted by Gasteiger charge is -2.15. The van der Waals surface area contributed by atoms with Crippen molar-refractivity contribution in [2.75, 3.05) is 6.54 Å². The molecule has 0 aliphatic carbocycles. The number of rotatable bonds is 5. The highest BCUT2D eigenvalue weighted by atomic mass is 15.2. The number of hydrogen-bond donors (Lipinski definition) is 2. The van der Waals surface area contributed by atoms with Crippen molar-refractivity contribution >= 4 is 0 Å². The van der Waals surface area contributed by atoms with Crippen molar-refractivity contribution in [3.63, 3.8) is 0 Å². The van der Waals surface area contributed by atoms with E-state index >= 15 is 0 Å². The van der Waals surface area contributed by atoms with Crippen molar-refractivity contribution in [1.29, 1.82) is 0 Å². The fraction of sp³-hybridized carbons (Fsp3) is 0.500. The van der Waals surface area contributed by atoms with Crippen molar-refractivity contribution in [1.82, 2.24) is 30.0 Å². The van der Waals surface area contributed by atoms with Gasteiger partial charge in [-0.2, -0.15) is 5.10 Å². The number of aromatic nitrogens is 5. The molecule has 0 saturated heterocycles. The van der Waals surface area contributed by atoms with E-state index in [4.69, 9.17) is 0 Å². The van der Waals surface area contributed by atoms with Gasteiger partial charge in [-0.3, -0.25) is 5.10 Å². The molecule has 0 amide bonds. The van der Waals surface area contributed by atoms with Gasteiger partial charge in [0, 0.05) is 19.4 Å². The Bertz CT molecular complexity index is 418. The van der Waals surface area contributed by atoms with Crippen molar-refractivity contribution < 1.29 is 0 Å². The predicted octanol–water partition coefficient (Wildman–Crippen LogP) is 0.627. The second kappa shape index (κ2) is 4.89. The SMILES string of the molecule is CCCNC(c1ncn[nH]1)c1nccn1C. The molecule has 2 aromatic rings. The van der Waals surface area contributed by atoms with Crippen molar-refractivity contribution in [3.8, 4) is 0 Å². The number of imidazole rings is 1. The zero-order valence-electron chi connectivity index (χ0n) is 9.51. The minimum Gasteiger partial charge on any atom is -0.336 e. The molecule has 0 bridgehead atoms. The van der Waals surface area contributed by atoms with Gasteiger partial charge in [0.1, 0.15) is 24.0 Å². The third kappa shape index (κ3) is 2.11. The molecular weight excluding hydrogens is 204 g/mol. The van der Waals surface area contributed by atoms with Crippen LogP contribution in [-0.4, -0.2) is 31.3 Å². The van der Waals surface area contributed by atoms with E-state index in [1.54, 1.807) is 6.20 Å². The average Bonchev–Trinajstić information content (AvgIpc) is 2.91. The summed E-state index contributed by atoms with van der Waals surface area (Å²) in [6.07, 6.45) is 6.28. The van der Waals surface area contributed by atoms with Gasteiger partial charge in [0.15, 0.2) is 0 Å². The van der Waals surface area contributed by atoms with E-state index in [2.05, 4.69) is 32.4 Å². The number of aromatic amines is 1. The topological polar surface area (TPSA) is 71.4 Å². The first-order valence-corrected chi connectivity index (χ1v) is 5.38. The summed E-state index contributed by atoms with van der Waals surface area (Å²) in [7, 11) is 1.97. The number of hydrogen-bond acceptors (Lipinski definition) is 4. The van der Waals surface area contributed by atoms with E-state index in [0.29, 0.717) is 0 Å². The normalized spacial score (nSPS) is 12.9. The maximum Gasteiger partial charge on any atom is 0.149 e. The van der Waals surface area contributed by atoms with Gasteiger partial charge in [0.25, 0.3) is 0 Å². The molecule has 0 radical (unpaired) electrons. The van der Waals surface area contributed by atoms with Gasteiger partial charge >= 0.3 is 0 Å². The molecule has 0 aliphatic rings. The summed E-state index contributed by atoms with van der Waals surface area (Å²) in [5.74, 6) is 1.73. The van der Waals surface area contributed by atoms with Crippen LogP contribution in [0.3, 0.4) is 0 Å². The van der Waals surface area contributed by atoms with Gasteiger partial charge in [-0.1, -0.05) is 6.92 Å². The summed E-state index contributed by atoms with van der Waals surface area (Å²) in [5, 5.41) is 10.2. The van der Waals surface area contributed by atoms with Gasteiger partial charge in [-0.15, -0.1) is 0 Å². The minimum absolute atomic E-state index is 0.0255. The maximum atomic E-state index is 4.34. The molecule has 0 fully saturated rings. The lowest BCUT2D eigenvalue weighted by atomic mass is 10.2. The molecule has 1 atom stereocenters. The lowest BCUT2D eigenvalue weighted by Crippen LogP contribution is -2.26. The van der Waals surface area contributed by atoms with E-state index < -0.39 is 0 Å². The Morgan fingerprint density at radius 1 is 1.50 bits per heavy atom. The van der Waals surface area contributed by atoms with Gasteiger partial charge in [0.05, 0.1) is 0 Å². The zero-order valence-corrected chi connectivity index (χ0v) is 9.51. The van der Waals surface area contributed by atoms with Crippen LogP contribution in [0.5, 0.6) is 0 Å². The van der Waals surface area contributed by atoms with E-state index in [1.807, 2.05) is 17.8 Å². The van der Waals surface area contributed by atoms with Crippen LogP contribution in [0.15, 0.2) is 18.7 Å². The van der Waals surface area contributed by atoms with Crippen LogP contribution >= 0.6 is 0 Å². The molecule has 86 valence electrons. The number of aryl methyl sites for hydroxylation is 1. The Morgan fingerprint density at radius 3 is 2.94 bits per heavy atom. The van der Waals surface area contributed by atoms with Crippen LogP contribution in [0.2, 0.25) is 0 Å². The van der Waals surface area contributed by atoms with Crippen LogP contribution in [0, 0.1) is 0 Å². The molecule has 0 aromatic carbocycles. The second-order valence-electron chi connectivity index (χ2n) is 3.65. The molecule has 2 heterocycles. The average molecular weight is 220 g/mol. The Hall–Kier alpha value is -1.69. The van der Waals surface area contributed by atoms with Crippen molar-refractivity contribution in [3.05, 3.63) is 30.4 Å². The van der Waals surface area contributed by atoms with E-state index in [1.165, 1.54) is 6.33 Å². The fourth-order valence-corrected chi connectivity index (χ4v) is 1.61. The Morgan fingerprint density at radius 2 is 2.38 bits per heavy atom. The zero-order chi connectivity index (χ0) is 11.4. The standard InChI is InChI=1S/C10H16N6/c1-3-4-11-8(9-13-7-14-15-9)10-12-5-6-16(10)2/h5-8,11H,3-4H2,1-2H3,(H,13,14,15). The molecule has 0 spiro atoms. The predicted molar refractivity (Wildman–Crippen MR) is 59.7 cm³/mol. The highest BCUT2D eigenvalue weighted by Gasteiger charge is 2.19. The van der Waals surface area contributed by atoms with E-state index in [0.717, 1.165) is 24.6 Å². The van der Waals surface area contributed by atoms with Crippen LogP contribution < -0.4 is 5.32 Å². The van der Waals surface area contributed by atoms with Gasteiger partial charge in [-0.25, -0.2) is 9.97 Å². The molecule has 0 aliphatic heterocycles. The minimum atomic E-state index is -0.0255. The first-order chi connectivity index (χ1) is 7.83. The first-order valence-electron chi connectivity index (χ1n) is 5.38. The van der Waals surface area contributed by atoms with E-state index in [-0.39, 0.29) is 6.04 Å². The summed E-state index contributed by atoms with van der Waals surface area (Å²) < 4.78 is 1.98. The Labute approximate surface area is 94.1 Å². The molecule has 6 heteroatoms. The Balaban J connectivity index is 2.25. The summed E-state index contributed by atoms with van der Waals surface area (Å²) in [6, 6.07) is -0.0255. The number of nitrogens with one attached hydrogen (secondary N) is 2. The summed E-state index contributed by atoms with van der Waals surface area (Å²) in [5.41, 5.74) is 0. The maximum absolute atomic E-state index is 4.34. The summed E-state index contributed by atoms with van der Waals surface area (Å²) in [4.78, 5) is 8.52. The quantitative estimate of drug-likeness (QED) is 0.775. The van der Waals surface area contributed by atoms with E-state index in [9.17, 15) is 0 Å². The molecule has 16 heavy (non-hydrogen) atoms. The van der Waals surface area contributed by atoms with Gasteiger partial charge < -0.3 is 9.88 Å². The smallest absolute Gasteiger partial charge is 0.149 e. The third-order valence-corrected chi connectivity index (χ3v) is 2.42. The lowest BCUT2D eigenvalue weighted by molar-refractivity contribution is 0.534. The summed E-state index contributed by atoms with van der Waals surface area (Å²) >= 11 is 0. The summed E-state index contributed by atoms with van der Waals surface area (Å²) in [6.45, 7) is 3.04. The second-order valence-corrected chi connectivity index (χ2v) is 3.65. The molecular formula is C10H16N6. The van der Waals surface area contributed by atoms with Crippen LogP contribution in [0.4, 0.5) is 0 Å². The molecule has 2 rings (SSSR count). The van der Waals surface area contributed by atoms with Crippen LogP contribution in [0.1, 0.15) is 31.0 Å². The number of nitrogens with zero attached hydrogens (tertiary/aromatic N) is 4. The molecule has 2 N–H and O–H groups in total. The van der Waals surface area contributed by atoms with Crippen LogP contribution in [-0.2, 0) is 7.05 Å². The molecule has 0 saturated carbocycles. The highest BCUT2D eigenvalue weighted by molar-refractivity contribution is 5.10. The van der Waals surface area contributed by atoms with Crippen molar-refractivity contribution in [2.45, 2.75) is 19.4 Å². The first kappa shape index (κ1) is 10.8. The van der Waals surface area contributed by atoms with Crippen molar-refractivity contribution in [2.24, 2.45) is 7.05 Å². The highest BCUT2D eigenvalue weighted by Crippen LogP contribution is 2.15. The largest absolute Gasteiger partial charge is 0.336 e. The monoisotopic (exact) mass is 220 g/mol. The molecule has 1 unspecified atom stereocenters. The molecule has 2 aromatic heterocycles.